The monoisotopic (exact) mass is 254 g/mol. The first-order chi connectivity index (χ1) is 7.73. The van der Waals surface area contributed by atoms with E-state index in [2.05, 4.69) is 4.72 Å². The number of hydrogen-bond donors (Lipinski definition) is 2. The second-order valence-electron chi connectivity index (χ2n) is 5.12. The third-order valence-corrected chi connectivity index (χ3v) is 4.99. The summed E-state index contributed by atoms with van der Waals surface area (Å²) in [6.07, 6.45) is 1.79. The Labute approximate surface area is 102 Å². The van der Waals surface area contributed by atoms with Crippen LogP contribution in [-0.4, -0.2) is 14.0 Å². The van der Waals surface area contributed by atoms with Crippen molar-refractivity contribution >= 4 is 15.7 Å². The zero-order valence-electron chi connectivity index (χ0n) is 10.4. The lowest BCUT2D eigenvalue weighted by atomic mass is 10.1. The number of hydrogen-bond acceptors (Lipinski definition) is 3. The van der Waals surface area contributed by atoms with Crippen LogP contribution in [0.5, 0.6) is 0 Å². The van der Waals surface area contributed by atoms with Crippen molar-refractivity contribution in [1.82, 2.24) is 4.72 Å². The lowest BCUT2D eigenvalue weighted by Gasteiger charge is -2.14. The van der Waals surface area contributed by atoms with E-state index in [1.54, 1.807) is 6.07 Å². The van der Waals surface area contributed by atoms with Crippen molar-refractivity contribution in [2.75, 3.05) is 5.73 Å². The third kappa shape index (κ3) is 2.45. The van der Waals surface area contributed by atoms with Gasteiger partial charge in [0, 0.05) is 11.2 Å². The fourth-order valence-electron chi connectivity index (χ4n) is 1.68. The average molecular weight is 254 g/mol. The summed E-state index contributed by atoms with van der Waals surface area (Å²) in [6, 6.07) is 3.19. The first kappa shape index (κ1) is 12.4. The van der Waals surface area contributed by atoms with Gasteiger partial charge >= 0.3 is 0 Å². The summed E-state index contributed by atoms with van der Waals surface area (Å²) in [6.45, 7) is 5.66. The molecule has 3 N–H and O–H groups in total. The molecule has 0 heterocycles. The van der Waals surface area contributed by atoms with Gasteiger partial charge in [0.1, 0.15) is 0 Å². The number of anilines is 1. The molecular formula is C12H18N2O2S. The minimum absolute atomic E-state index is 0.256. The molecule has 1 fully saturated rings. The molecule has 0 aromatic heterocycles. The molecule has 5 heteroatoms. The van der Waals surface area contributed by atoms with Crippen LogP contribution in [-0.2, 0) is 10.0 Å². The summed E-state index contributed by atoms with van der Waals surface area (Å²) in [4.78, 5) is 0.256. The highest BCUT2D eigenvalue weighted by molar-refractivity contribution is 7.89. The third-order valence-electron chi connectivity index (χ3n) is 3.37. The van der Waals surface area contributed by atoms with E-state index < -0.39 is 10.0 Å². The minimum Gasteiger partial charge on any atom is -0.398 e. The van der Waals surface area contributed by atoms with Crippen LogP contribution in [0.2, 0.25) is 0 Å². The average Bonchev–Trinajstić information content (AvgIpc) is 2.90. The molecule has 0 saturated heterocycles. The standard InChI is InChI=1S/C12H18N2O2S/c1-8-6-10(7-11(13)9(8)2)17(15,16)14-12(3)4-5-12/h6-7,14H,4-5,13H2,1-3H3. The maximum Gasteiger partial charge on any atom is 0.241 e. The molecule has 0 amide bonds. The van der Waals surface area contributed by atoms with Crippen LogP contribution in [0, 0.1) is 13.8 Å². The van der Waals surface area contributed by atoms with Crippen LogP contribution in [0.15, 0.2) is 17.0 Å². The van der Waals surface area contributed by atoms with Gasteiger partial charge < -0.3 is 5.73 Å². The van der Waals surface area contributed by atoms with Crippen LogP contribution < -0.4 is 10.5 Å². The Kier molecular flexibility index (Phi) is 2.71. The quantitative estimate of drug-likeness (QED) is 0.807. The molecule has 4 nitrogen and oxygen atoms in total. The Hall–Kier alpha value is -1.07. The molecule has 0 spiro atoms. The molecule has 1 aromatic rings. The number of aryl methyl sites for hydroxylation is 1. The van der Waals surface area contributed by atoms with Crippen molar-refractivity contribution in [2.45, 2.75) is 44.0 Å². The van der Waals surface area contributed by atoms with Gasteiger partial charge in [-0.15, -0.1) is 0 Å². The zero-order valence-corrected chi connectivity index (χ0v) is 11.2. The lowest BCUT2D eigenvalue weighted by Crippen LogP contribution is -2.34. The molecule has 0 bridgehead atoms. The van der Waals surface area contributed by atoms with E-state index in [0.717, 1.165) is 24.0 Å². The van der Waals surface area contributed by atoms with Gasteiger partial charge in [0.2, 0.25) is 10.0 Å². The van der Waals surface area contributed by atoms with Gasteiger partial charge in [-0.1, -0.05) is 0 Å². The van der Waals surface area contributed by atoms with Crippen LogP contribution in [0.25, 0.3) is 0 Å². The van der Waals surface area contributed by atoms with Crippen molar-refractivity contribution in [3.8, 4) is 0 Å². The molecule has 1 aromatic carbocycles. The molecule has 0 radical (unpaired) electrons. The highest BCUT2D eigenvalue weighted by Crippen LogP contribution is 2.36. The highest BCUT2D eigenvalue weighted by Gasteiger charge is 2.41. The summed E-state index contributed by atoms with van der Waals surface area (Å²) in [5, 5.41) is 0. The van der Waals surface area contributed by atoms with E-state index in [9.17, 15) is 8.42 Å². The summed E-state index contributed by atoms with van der Waals surface area (Å²) < 4.78 is 27.0. The maximum atomic E-state index is 12.1. The van der Waals surface area contributed by atoms with E-state index in [0.29, 0.717) is 5.69 Å². The number of nitrogens with one attached hydrogen (secondary N) is 1. The fourth-order valence-corrected chi connectivity index (χ4v) is 3.27. The molecule has 94 valence electrons. The molecule has 0 atom stereocenters. The molecule has 17 heavy (non-hydrogen) atoms. The van der Waals surface area contributed by atoms with Crippen LogP contribution in [0.4, 0.5) is 5.69 Å². The highest BCUT2D eigenvalue weighted by atomic mass is 32.2. The molecule has 1 aliphatic carbocycles. The van der Waals surface area contributed by atoms with Gasteiger partial charge in [-0.2, -0.15) is 0 Å². The largest absolute Gasteiger partial charge is 0.398 e. The Balaban J connectivity index is 2.39. The SMILES string of the molecule is Cc1cc(S(=O)(=O)NC2(C)CC2)cc(N)c1C. The fraction of sp³-hybridized carbons (Fsp3) is 0.500. The zero-order chi connectivity index (χ0) is 12.8. The number of nitrogens with two attached hydrogens (primary N) is 1. The van der Waals surface area contributed by atoms with Gasteiger partial charge in [0.15, 0.2) is 0 Å². The van der Waals surface area contributed by atoms with Gasteiger partial charge in [-0.05, 0) is 56.9 Å². The van der Waals surface area contributed by atoms with E-state index in [1.165, 1.54) is 6.07 Å². The van der Waals surface area contributed by atoms with E-state index in [4.69, 9.17) is 5.73 Å². The van der Waals surface area contributed by atoms with Crippen molar-refractivity contribution in [1.29, 1.82) is 0 Å². The summed E-state index contributed by atoms with van der Waals surface area (Å²) >= 11 is 0. The molecule has 1 aliphatic rings. The van der Waals surface area contributed by atoms with Gasteiger partial charge in [0.25, 0.3) is 0 Å². The summed E-state index contributed by atoms with van der Waals surface area (Å²) in [5.41, 5.74) is 7.89. The van der Waals surface area contributed by atoms with Crippen LogP contribution in [0.3, 0.4) is 0 Å². The van der Waals surface area contributed by atoms with E-state index >= 15 is 0 Å². The number of nitrogen functional groups attached to an aromatic ring is 1. The molecule has 1 saturated carbocycles. The number of benzene rings is 1. The van der Waals surface area contributed by atoms with Crippen LogP contribution in [0.1, 0.15) is 30.9 Å². The Bertz CT molecular complexity index is 537. The Morgan fingerprint density at radius 3 is 2.35 bits per heavy atom. The predicted octanol–water partition coefficient (Wildman–Crippen LogP) is 1.72. The van der Waals surface area contributed by atoms with Gasteiger partial charge in [-0.25, -0.2) is 13.1 Å². The number of rotatable bonds is 3. The van der Waals surface area contributed by atoms with E-state index in [1.807, 2.05) is 20.8 Å². The van der Waals surface area contributed by atoms with Crippen molar-refractivity contribution in [3.63, 3.8) is 0 Å². The summed E-state index contributed by atoms with van der Waals surface area (Å²) in [7, 11) is -3.45. The van der Waals surface area contributed by atoms with Gasteiger partial charge in [0.05, 0.1) is 4.90 Å². The maximum absolute atomic E-state index is 12.1. The van der Waals surface area contributed by atoms with E-state index in [-0.39, 0.29) is 10.4 Å². The van der Waals surface area contributed by atoms with Crippen LogP contribution >= 0.6 is 0 Å². The first-order valence-electron chi connectivity index (χ1n) is 5.64. The molecule has 2 rings (SSSR count). The smallest absolute Gasteiger partial charge is 0.241 e. The summed E-state index contributed by atoms with van der Waals surface area (Å²) in [5.74, 6) is 0. The molecule has 0 aliphatic heterocycles. The van der Waals surface area contributed by atoms with Crippen molar-refractivity contribution < 1.29 is 8.42 Å². The predicted molar refractivity (Wildman–Crippen MR) is 68.3 cm³/mol. The molecule has 0 unspecified atom stereocenters. The van der Waals surface area contributed by atoms with Gasteiger partial charge in [-0.3, -0.25) is 0 Å². The number of sulfonamides is 1. The normalized spacial score (nSPS) is 18.1. The lowest BCUT2D eigenvalue weighted by molar-refractivity contribution is 0.558. The Morgan fingerprint density at radius 2 is 1.88 bits per heavy atom. The first-order valence-corrected chi connectivity index (χ1v) is 7.13. The molecular weight excluding hydrogens is 236 g/mol. The topological polar surface area (TPSA) is 72.2 Å². The minimum atomic E-state index is -3.45. The second kappa shape index (κ2) is 3.71. The Morgan fingerprint density at radius 1 is 1.29 bits per heavy atom. The van der Waals surface area contributed by atoms with Crippen molar-refractivity contribution in [2.24, 2.45) is 0 Å². The van der Waals surface area contributed by atoms with Crippen molar-refractivity contribution in [3.05, 3.63) is 23.3 Å². The second-order valence-corrected chi connectivity index (χ2v) is 6.80.